The first-order valence-electron chi connectivity index (χ1n) is 10.9. The molecule has 4 amide bonds. The van der Waals surface area contributed by atoms with Crippen LogP contribution in [-0.4, -0.2) is 84.4 Å². The van der Waals surface area contributed by atoms with Gasteiger partial charge >= 0.3 is 0 Å². The number of aliphatic hydroxyl groups is 1. The van der Waals surface area contributed by atoms with Crippen LogP contribution >= 0.6 is 0 Å². The van der Waals surface area contributed by atoms with Gasteiger partial charge in [-0.2, -0.15) is 0 Å². The number of hydrogen-bond donors (Lipinski definition) is 3. The second-order valence-corrected chi connectivity index (χ2v) is 7.36. The van der Waals surface area contributed by atoms with Crippen molar-refractivity contribution in [2.45, 2.75) is 53.7 Å². The van der Waals surface area contributed by atoms with Gasteiger partial charge in [-0.1, -0.05) is 26.3 Å². The third-order valence-electron chi connectivity index (χ3n) is 3.43. The minimum Gasteiger partial charge on any atom is -0.392 e. The maximum absolute atomic E-state index is 10.8. The number of nitrogens with zero attached hydrogens (tertiary/aromatic N) is 2. The van der Waals surface area contributed by atoms with E-state index in [0.717, 1.165) is 13.1 Å². The van der Waals surface area contributed by atoms with E-state index in [1.165, 1.54) is 23.1 Å². The molecule has 0 bridgehead atoms. The highest BCUT2D eigenvalue weighted by Crippen LogP contribution is 1.87. The van der Waals surface area contributed by atoms with Crippen molar-refractivity contribution in [3.8, 4) is 0 Å². The Hall–Kier alpha value is -3.20. The lowest BCUT2D eigenvalue weighted by Crippen LogP contribution is -2.30. The summed E-state index contributed by atoms with van der Waals surface area (Å²) in [7, 11) is 3.37. The summed E-state index contributed by atoms with van der Waals surface area (Å²) in [6, 6.07) is 0.209. The summed E-state index contributed by atoms with van der Waals surface area (Å²) < 4.78 is 0. The first-order valence-corrected chi connectivity index (χ1v) is 10.9. The van der Waals surface area contributed by atoms with Crippen LogP contribution in [-0.2, 0) is 19.2 Å². The van der Waals surface area contributed by atoms with Crippen LogP contribution < -0.4 is 10.6 Å². The third-order valence-corrected chi connectivity index (χ3v) is 3.43. The summed E-state index contributed by atoms with van der Waals surface area (Å²) in [5, 5.41) is 13.9. The number of likely N-dealkylation sites (N-methyl/N-ethyl adjacent to an activating group) is 2. The van der Waals surface area contributed by atoms with Crippen LogP contribution in [0.3, 0.4) is 0 Å². The molecule has 0 aromatic heterocycles. The first-order chi connectivity index (χ1) is 15.6. The molecule has 0 heterocycles. The number of carbonyl (C=O) groups is 4. The molecule has 3 N–H and O–H groups in total. The van der Waals surface area contributed by atoms with Crippen molar-refractivity contribution in [1.82, 2.24) is 20.4 Å². The lowest BCUT2D eigenvalue weighted by Gasteiger charge is -2.15. The van der Waals surface area contributed by atoms with E-state index in [1.807, 2.05) is 27.7 Å². The Balaban J connectivity index is -0.000000178. The highest BCUT2D eigenvalue weighted by atomic mass is 16.3. The molecule has 0 aliphatic rings. The first kappa shape index (κ1) is 38.1. The fourth-order valence-corrected chi connectivity index (χ4v) is 1.58. The molecule has 0 radical (unpaired) electrons. The number of rotatable bonds is 9. The second-order valence-electron chi connectivity index (χ2n) is 7.36. The van der Waals surface area contributed by atoms with E-state index in [9.17, 15) is 19.2 Å². The second kappa shape index (κ2) is 24.4. The van der Waals surface area contributed by atoms with Gasteiger partial charge in [-0.15, -0.1) is 0 Å². The van der Waals surface area contributed by atoms with Gasteiger partial charge in [0, 0.05) is 45.3 Å². The molecule has 0 aliphatic heterocycles. The van der Waals surface area contributed by atoms with Crippen molar-refractivity contribution >= 4 is 23.6 Å². The molecule has 9 heteroatoms. The number of hydrogen-bond acceptors (Lipinski definition) is 5. The molecule has 1 unspecified atom stereocenters. The van der Waals surface area contributed by atoms with E-state index in [-0.39, 0.29) is 36.2 Å². The molecule has 0 fully saturated rings. The van der Waals surface area contributed by atoms with E-state index >= 15 is 0 Å². The fraction of sp³-hybridized carbons (Fsp3) is 0.520. The Morgan fingerprint density at radius 2 is 1.35 bits per heavy atom. The van der Waals surface area contributed by atoms with Gasteiger partial charge in [-0.25, -0.2) is 0 Å². The summed E-state index contributed by atoms with van der Waals surface area (Å²) in [4.78, 5) is 45.4. The number of amides is 4. The molecule has 0 saturated carbocycles. The molecule has 34 heavy (non-hydrogen) atoms. The van der Waals surface area contributed by atoms with Gasteiger partial charge in [0.2, 0.25) is 23.6 Å². The highest BCUT2D eigenvalue weighted by Gasteiger charge is 2.02. The molecule has 0 aromatic carbocycles. The van der Waals surface area contributed by atoms with Crippen LogP contribution in [0.25, 0.3) is 0 Å². The number of aliphatic hydroxyl groups excluding tert-OH is 1. The fourth-order valence-electron chi connectivity index (χ4n) is 1.58. The van der Waals surface area contributed by atoms with Crippen LogP contribution in [0.1, 0.15) is 41.5 Å². The highest BCUT2D eigenvalue weighted by molar-refractivity contribution is 5.92. The predicted molar refractivity (Wildman–Crippen MR) is 140 cm³/mol. The maximum atomic E-state index is 10.8. The van der Waals surface area contributed by atoms with Gasteiger partial charge in [-0.05, 0) is 59.8 Å². The van der Waals surface area contributed by atoms with Gasteiger partial charge in [0.25, 0.3) is 0 Å². The zero-order chi connectivity index (χ0) is 27.9. The Labute approximate surface area is 206 Å². The van der Waals surface area contributed by atoms with Gasteiger partial charge in [0.05, 0.1) is 6.10 Å². The summed E-state index contributed by atoms with van der Waals surface area (Å²) >= 11 is 0. The lowest BCUT2D eigenvalue weighted by molar-refractivity contribution is -0.125. The standard InChI is InChI=1S/C7H13NO2.C7H13NO.C6H11NO.C5H9NO/c1-5(2)7(10)8-4-6(3)9;1-4-7(9)8(5-2)6-3;1-4-6(8)7-5(2)3;1-4-5(7)6(2)3/h6,9H,1,4H2,2-3H3,(H,8,10);4H,1,5-6H2,2-3H3;4-5H,1H2,2-3H3,(H,7,8);4H,1H2,2-3H3. The number of carbonyl (C=O) groups excluding carboxylic acids is 4. The Morgan fingerprint density at radius 1 is 0.912 bits per heavy atom. The molecule has 0 aromatic rings. The van der Waals surface area contributed by atoms with Crippen molar-refractivity contribution in [3.05, 3.63) is 50.1 Å². The van der Waals surface area contributed by atoms with Gasteiger partial charge < -0.3 is 25.5 Å². The smallest absolute Gasteiger partial charge is 0.246 e. The third kappa shape index (κ3) is 28.8. The summed E-state index contributed by atoms with van der Waals surface area (Å²) in [5.74, 6) is -0.360. The van der Waals surface area contributed by atoms with Crippen LogP contribution in [0.5, 0.6) is 0 Å². The van der Waals surface area contributed by atoms with E-state index in [2.05, 4.69) is 36.9 Å². The van der Waals surface area contributed by atoms with Gasteiger partial charge in [0.1, 0.15) is 0 Å². The molecule has 0 saturated heterocycles. The molecule has 0 spiro atoms. The summed E-state index contributed by atoms with van der Waals surface area (Å²) in [5.41, 5.74) is 0.459. The topological polar surface area (TPSA) is 119 Å². The minimum atomic E-state index is -0.497. The minimum absolute atomic E-state index is 0.0139. The summed E-state index contributed by atoms with van der Waals surface area (Å²) in [6.45, 7) is 26.2. The van der Waals surface area contributed by atoms with Crippen LogP contribution in [0.4, 0.5) is 0 Å². The monoisotopic (exact) mass is 482 g/mol. The molecule has 0 rings (SSSR count). The van der Waals surface area contributed by atoms with Crippen molar-refractivity contribution < 1.29 is 24.3 Å². The average Bonchev–Trinajstić information content (AvgIpc) is 2.77. The molecular formula is C25H46N4O5. The zero-order valence-corrected chi connectivity index (χ0v) is 22.3. The van der Waals surface area contributed by atoms with Gasteiger partial charge in [0.15, 0.2) is 0 Å². The van der Waals surface area contributed by atoms with Crippen molar-refractivity contribution in [2.24, 2.45) is 0 Å². The Kier molecular flexibility index (Phi) is 27.4. The molecule has 9 nitrogen and oxygen atoms in total. The predicted octanol–water partition coefficient (Wildman–Crippen LogP) is 2.06. The largest absolute Gasteiger partial charge is 0.392 e. The average molecular weight is 483 g/mol. The van der Waals surface area contributed by atoms with Gasteiger partial charge in [-0.3, -0.25) is 19.2 Å². The van der Waals surface area contributed by atoms with E-state index in [4.69, 9.17) is 5.11 Å². The normalized spacial score (nSPS) is 9.59. The zero-order valence-electron chi connectivity index (χ0n) is 22.3. The van der Waals surface area contributed by atoms with E-state index < -0.39 is 6.10 Å². The SMILES string of the molecule is C=C(C)C(=O)NCC(C)O.C=CC(=O)N(C)C.C=CC(=O)N(CC)CC.C=CC(=O)NC(C)C. The van der Waals surface area contributed by atoms with E-state index in [1.54, 1.807) is 32.8 Å². The Morgan fingerprint density at radius 3 is 1.50 bits per heavy atom. The van der Waals surface area contributed by atoms with Crippen LogP contribution in [0.15, 0.2) is 50.1 Å². The molecule has 196 valence electrons. The van der Waals surface area contributed by atoms with Crippen molar-refractivity contribution in [3.63, 3.8) is 0 Å². The molecule has 0 aliphatic carbocycles. The van der Waals surface area contributed by atoms with Crippen LogP contribution in [0.2, 0.25) is 0 Å². The number of nitrogens with one attached hydrogen (secondary N) is 2. The molecule has 1 atom stereocenters. The quantitative estimate of drug-likeness (QED) is 0.435. The van der Waals surface area contributed by atoms with Crippen LogP contribution in [0, 0.1) is 0 Å². The Bertz CT molecular complexity index is 652. The molecular weight excluding hydrogens is 436 g/mol. The van der Waals surface area contributed by atoms with Crippen molar-refractivity contribution in [1.29, 1.82) is 0 Å². The van der Waals surface area contributed by atoms with Crippen molar-refractivity contribution in [2.75, 3.05) is 33.7 Å². The van der Waals surface area contributed by atoms with E-state index in [0.29, 0.717) is 5.57 Å². The maximum Gasteiger partial charge on any atom is 0.246 e. The summed E-state index contributed by atoms with van der Waals surface area (Å²) in [6.07, 6.45) is 3.38. The lowest BCUT2D eigenvalue weighted by atomic mass is 10.3.